The second-order valence-electron chi connectivity index (χ2n) is 11.5. The number of fused-ring (bicyclic) bond motifs is 3. The molecule has 2 heterocycles. The van der Waals surface area contributed by atoms with Crippen LogP contribution in [0.2, 0.25) is 0 Å². The van der Waals surface area contributed by atoms with Crippen LogP contribution in [-0.4, -0.2) is 41.0 Å². The number of hydrogen-bond donors (Lipinski definition) is 1. The number of amides is 1. The van der Waals surface area contributed by atoms with Gasteiger partial charge in [-0.05, 0) is 81.3 Å². The van der Waals surface area contributed by atoms with E-state index >= 15 is 0 Å². The van der Waals surface area contributed by atoms with E-state index in [2.05, 4.69) is 24.1 Å². The van der Waals surface area contributed by atoms with Crippen LogP contribution in [-0.2, 0) is 11.3 Å². The van der Waals surface area contributed by atoms with Gasteiger partial charge in [0.25, 0.3) is 5.56 Å². The third-order valence-electron chi connectivity index (χ3n) is 6.58. The molecule has 2 aromatic carbocycles. The first-order valence-corrected chi connectivity index (χ1v) is 13.6. The Kier molecular flexibility index (Phi) is 8.67. The number of carbonyl (C=O) groups is 1. The number of nitrogens with zero attached hydrogens (tertiary/aromatic N) is 2. The molecule has 0 aliphatic heterocycles. The van der Waals surface area contributed by atoms with Gasteiger partial charge in [-0.25, -0.2) is 4.79 Å². The van der Waals surface area contributed by atoms with E-state index < -0.39 is 11.7 Å². The zero-order chi connectivity index (χ0) is 29.0. The first-order valence-electron chi connectivity index (χ1n) is 13.6. The summed E-state index contributed by atoms with van der Waals surface area (Å²) in [5.74, 6) is 1.71. The lowest BCUT2D eigenvalue weighted by Gasteiger charge is -2.25. The number of alkyl carbamates (subject to hydrolysis) is 1. The lowest BCUT2D eigenvalue weighted by molar-refractivity contribution is 0.0480. The Morgan fingerprint density at radius 2 is 1.73 bits per heavy atom. The lowest BCUT2D eigenvalue weighted by Crippen LogP contribution is -2.42. The summed E-state index contributed by atoms with van der Waals surface area (Å²) in [5.41, 5.74) is 1.73. The first-order chi connectivity index (χ1) is 18.9. The Bertz CT molecular complexity index is 1550. The molecule has 4 aromatic rings. The monoisotopic (exact) mass is 545 g/mol. The summed E-state index contributed by atoms with van der Waals surface area (Å²) in [7, 11) is 1.63. The number of rotatable bonds is 9. The van der Waals surface area contributed by atoms with Crippen molar-refractivity contribution in [2.45, 2.75) is 66.2 Å². The third-order valence-corrected chi connectivity index (χ3v) is 6.58. The van der Waals surface area contributed by atoms with Gasteiger partial charge < -0.3 is 24.1 Å². The van der Waals surface area contributed by atoms with Crippen molar-refractivity contribution in [3.63, 3.8) is 0 Å². The Labute approximate surface area is 235 Å². The molecule has 0 bridgehead atoms. The fraction of sp³-hybridized carbons (Fsp3) is 0.406. The van der Waals surface area contributed by atoms with Crippen LogP contribution in [0.3, 0.4) is 0 Å². The summed E-state index contributed by atoms with van der Waals surface area (Å²) in [4.78, 5) is 30.6. The second kappa shape index (κ2) is 12.0. The number of pyridine rings is 2. The summed E-state index contributed by atoms with van der Waals surface area (Å²) < 4.78 is 18.7. The maximum atomic E-state index is 13.8. The smallest absolute Gasteiger partial charge is 0.407 e. The molecule has 8 heteroatoms. The minimum Gasteiger partial charge on any atom is -0.497 e. The SMILES string of the molecule is COc1ccc(Cn2c(=O)c3c(C)nccc3c3ccc(OCC(CC(C)C)NC(=O)OC(C)(C)C)cc32)cc1. The molecule has 1 unspecified atom stereocenters. The van der Waals surface area contributed by atoms with Gasteiger partial charge in [0.15, 0.2) is 0 Å². The minimum absolute atomic E-state index is 0.106. The maximum Gasteiger partial charge on any atom is 0.407 e. The summed E-state index contributed by atoms with van der Waals surface area (Å²) in [6.45, 7) is 12.2. The van der Waals surface area contributed by atoms with E-state index in [9.17, 15) is 9.59 Å². The van der Waals surface area contributed by atoms with Gasteiger partial charge in [-0.15, -0.1) is 0 Å². The Balaban J connectivity index is 1.70. The normalized spacial score (nSPS) is 12.5. The number of carbonyl (C=O) groups excluding carboxylic acids is 1. The van der Waals surface area contributed by atoms with E-state index in [1.54, 1.807) is 17.9 Å². The third kappa shape index (κ3) is 6.92. The van der Waals surface area contributed by atoms with Gasteiger partial charge in [0.1, 0.15) is 23.7 Å². The van der Waals surface area contributed by atoms with Gasteiger partial charge in [-0.3, -0.25) is 9.78 Å². The number of nitrogens with one attached hydrogen (secondary N) is 1. The molecule has 1 N–H and O–H groups in total. The average Bonchev–Trinajstić information content (AvgIpc) is 2.88. The van der Waals surface area contributed by atoms with E-state index in [4.69, 9.17) is 14.2 Å². The van der Waals surface area contributed by atoms with E-state index in [1.807, 2.05) is 76.2 Å². The van der Waals surface area contributed by atoms with Gasteiger partial charge in [0.2, 0.25) is 0 Å². The number of aromatic nitrogens is 2. The standard InChI is InChI=1S/C32H39N3O5/c1-20(2)16-23(34-31(37)40-32(4,5)6)19-39-25-12-13-26-27-14-15-33-21(3)29(27)30(36)35(28(26)17-25)18-22-8-10-24(38-7)11-9-22/h8-15,17,20,23H,16,18-19H2,1-7H3,(H,34,37). The molecular weight excluding hydrogens is 506 g/mol. The Morgan fingerprint density at radius 1 is 1.02 bits per heavy atom. The fourth-order valence-electron chi connectivity index (χ4n) is 4.84. The van der Waals surface area contributed by atoms with Crippen molar-refractivity contribution < 1.29 is 19.0 Å². The largest absolute Gasteiger partial charge is 0.497 e. The fourth-order valence-corrected chi connectivity index (χ4v) is 4.84. The van der Waals surface area contributed by atoms with Crippen molar-refractivity contribution in [3.05, 3.63) is 76.3 Å². The van der Waals surface area contributed by atoms with Crippen LogP contribution in [0.4, 0.5) is 4.79 Å². The van der Waals surface area contributed by atoms with Gasteiger partial charge in [0.05, 0.1) is 36.3 Å². The van der Waals surface area contributed by atoms with Crippen LogP contribution in [0.25, 0.3) is 21.7 Å². The Morgan fingerprint density at radius 3 is 2.38 bits per heavy atom. The van der Waals surface area contributed by atoms with Gasteiger partial charge >= 0.3 is 6.09 Å². The number of aryl methyl sites for hydroxylation is 1. The number of ether oxygens (including phenoxy) is 3. The van der Waals surface area contributed by atoms with Crippen LogP contribution >= 0.6 is 0 Å². The predicted octanol–water partition coefficient (Wildman–Crippen LogP) is 6.23. The minimum atomic E-state index is -0.587. The first kappa shape index (κ1) is 28.9. The van der Waals surface area contributed by atoms with Crippen LogP contribution in [0.5, 0.6) is 11.5 Å². The molecule has 2 aromatic heterocycles. The molecule has 4 rings (SSSR count). The highest BCUT2D eigenvalue weighted by Gasteiger charge is 2.21. The summed E-state index contributed by atoms with van der Waals surface area (Å²) in [5, 5.41) is 5.35. The van der Waals surface area contributed by atoms with Crippen LogP contribution in [0.15, 0.2) is 59.5 Å². The van der Waals surface area contributed by atoms with Crippen molar-refractivity contribution in [2.24, 2.45) is 5.92 Å². The number of benzene rings is 2. The number of hydrogen-bond acceptors (Lipinski definition) is 6. The molecular formula is C32H39N3O5. The molecule has 0 fully saturated rings. The highest BCUT2D eigenvalue weighted by Crippen LogP contribution is 2.28. The summed E-state index contributed by atoms with van der Waals surface area (Å²) in [6, 6.07) is 15.1. The van der Waals surface area contributed by atoms with Crippen molar-refractivity contribution in [1.82, 2.24) is 14.9 Å². The highest BCUT2D eigenvalue weighted by atomic mass is 16.6. The molecule has 0 aliphatic rings. The summed E-state index contributed by atoms with van der Waals surface area (Å²) >= 11 is 0. The summed E-state index contributed by atoms with van der Waals surface area (Å²) in [6.07, 6.45) is 1.99. The molecule has 0 radical (unpaired) electrons. The van der Waals surface area contributed by atoms with Crippen LogP contribution in [0.1, 0.15) is 52.3 Å². The molecule has 8 nitrogen and oxygen atoms in total. The van der Waals surface area contributed by atoms with Crippen molar-refractivity contribution >= 4 is 27.8 Å². The zero-order valence-corrected chi connectivity index (χ0v) is 24.4. The molecule has 0 saturated carbocycles. The van der Waals surface area contributed by atoms with E-state index in [0.717, 1.165) is 34.0 Å². The van der Waals surface area contributed by atoms with E-state index in [-0.39, 0.29) is 18.2 Å². The predicted molar refractivity (Wildman–Crippen MR) is 158 cm³/mol. The number of methoxy groups -OCH3 is 1. The lowest BCUT2D eigenvalue weighted by atomic mass is 10.0. The molecule has 0 saturated heterocycles. The maximum absolute atomic E-state index is 13.8. The molecule has 1 atom stereocenters. The van der Waals surface area contributed by atoms with Crippen molar-refractivity contribution in [3.8, 4) is 11.5 Å². The average molecular weight is 546 g/mol. The molecule has 0 aliphatic carbocycles. The van der Waals surface area contributed by atoms with Crippen molar-refractivity contribution in [1.29, 1.82) is 0 Å². The van der Waals surface area contributed by atoms with Gasteiger partial charge in [-0.1, -0.05) is 26.0 Å². The second-order valence-corrected chi connectivity index (χ2v) is 11.5. The molecule has 0 spiro atoms. The topological polar surface area (TPSA) is 91.7 Å². The quantitative estimate of drug-likeness (QED) is 0.251. The van der Waals surface area contributed by atoms with E-state index in [0.29, 0.717) is 29.3 Å². The van der Waals surface area contributed by atoms with Crippen LogP contribution < -0.4 is 20.3 Å². The van der Waals surface area contributed by atoms with Crippen molar-refractivity contribution in [2.75, 3.05) is 13.7 Å². The highest BCUT2D eigenvalue weighted by molar-refractivity contribution is 6.06. The zero-order valence-electron chi connectivity index (χ0n) is 24.4. The van der Waals surface area contributed by atoms with Gasteiger partial charge in [0, 0.05) is 17.6 Å². The van der Waals surface area contributed by atoms with E-state index in [1.165, 1.54) is 0 Å². The molecule has 212 valence electrons. The Hall–Kier alpha value is -4.07. The van der Waals surface area contributed by atoms with Crippen LogP contribution in [0, 0.1) is 12.8 Å². The van der Waals surface area contributed by atoms with Gasteiger partial charge in [-0.2, -0.15) is 0 Å². The molecule has 40 heavy (non-hydrogen) atoms. The molecule has 1 amide bonds.